The number of para-hydroxylation sites is 1. The summed E-state index contributed by atoms with van der Waals surface area (Å²) in [5, 5.41) is 6.28. The molecule has 2 heterocycles. The average Bonchev–Trinajstić information content (AvgIpc) is 2.91. The van der Waals surface area contributed by atoms with Gasteiger partial charge in [0.25, 0.3) is 0 Å². The zero-order chi connectivity index (χ0) is 16.7. The molecule has 0 atom stereocenters. The fourth-order valence-electron chi connectivity index (χ4n) is 2.95. The predicted molar refractivity (Wildman–Crippen MR) is 92.7 cm³/mol. The van der Waals surface area contributed by atoms with Gasteiger partial charge in [0, 0.05) is 6.26 Å². The van der Waals surface area contributed by atoms with Crippen molar-refractivity contribution in [2.75, 3.05) is 24.7 Å². The molecule has 124 valence electrons. The van der Waals surface area contributed by atoms with Crippen LogP contribution in [0.1, 0.15) is 18.4 Å². The van der Waals surface area contributed by atoms with E-state index in [2.05, 4.69) is 15.6 Å². The van der Waals surface area contributed by atoms with Crippen LogP contribution in [0.15, 0.2) is 18.2 Å². The van der Waals surface area contributed by atoms with Gasteiger partial charge < -0.3 is 10.6 Å². The zero-order valence-corrected chi connectivity index (χ0v) is 14.7. The first-order valence-corrected chi connectivity index (χ1v) is 10.1. The quantitative estimate of drug-likeness (QED) is 0.877. The van der Waals surface area contributed by atoms with E-state index in [9.17, 15) is 13.2 Å². The number of thiazole rings is 1. The van der Waals surface area contributed by atoms with E-state index in [0.717, 1.165) is 22.0 Å². The maximum absolute atomic E-state index is 12.7. The van der Waals surface area contributed by atoms with Crippen LogP contribution in [0.25, 0.3) is 10.2 Å². The van der Waals surface area contributed by atoms with Crippen molar-refractivity contribution < 1.29 is 13.2 Å². The molecule has 0 bridgehead atoms. The molecule has 1 aromatic carbocycles. The molecule has 1 saturated heterocycles. The number of rotatable bonds is 3. The molecule has 2 N–H and O–H groups in total. The highest BCUT2D eigenvalue weighted by Crippen LogP contribution is 2.32. The Morgan fingerprint density at radius 3 is 2.65 bits per heavy atom. The van der Waals surface area contributed by atoms with Gasteiger partial charge in [-0.1, -0.05) is 23.5 Å². The number of sulfone groups is 1. The van der Waals surface area contributed by atoms with Crippen LogP contribution in [0, 0.1) is 6.92 Å². The number of aryl methyl sites for hydroxylation is 1. The lowest BCUT2D eigenvalue weighted by Crippen LogP contribution is -2.55. The molecular formula is C15H19N3O3S2. The van der Waals surface area contributed by atoms with E-state index in [1.54, 1.807) is 0 Å². The van der Waals surface area contributed by atoms with Crippen molar-refractivity contribution in [1.82, 2.24) is 10.3 Å². The van der Waals surface area contributed by atoms with Crippen LogP contribution in [0.2, 0.25) is 0 Å². The number of anilines is 1. The molecule has 1 amide bonds. The van der Waals surface area contributed by atoms with Crippen LogP contribution in [0.3, 0.4) is 0 Å². The van der Waals surface area contributed by atoms with Gasteiger partial charge in [-0.05, 0) is 44.5 Å². The summed E-state index contributed by atoms with van der Waals surface area (Å²) < 4.78 is 24.1. The minimum Gasteiger partial charge on any atom is -0.317 e. The average molecular weight is 353 g/mol. The van der Waals surface area contributed by atoms with Crippen molar-refractivity contribution in [3.05, 3.63) is 23.8 Å². The number of nitrogens with one attached hydrogen (secondary N) is 2. The second-order valence-electron chi connectivity index (χ2n) is 5.91. The minimum absolute atomic E-state index is 0.279. The SMILES string of the molecule is Cc1cccc2sc(NC(=O)C3(S(C)(=O)=O)CCNCC3)nc12. The molecule has 0 aliphatic carbocycles. The molecule has 0 spiro atoms. The van der Waals surface area contributed by atoms with Gasteiger partial charge in [0.05, 0.1) is 10.2 Å². The molecule has 3 rings (SSSR count). The molecule has 6 nitrogen and oxygen atoms in total. The molecule has 23 heavy (non-hydrogen) atoms. The van der Waals surface area contributed by atoms with Gasteiger partial charge >= 0.3 is 0 Å². The van der Waals surface area contributed by atoms with Gasteiger partial charge in [-0.3, -0.25) is 4.79 Å². The Morgan fingerprint density at radius 2 is 2.04 bits per heavy atom. The number of hydrogen-bond acceptors (Lipinski definition) is 6. The van der Waals surface area contributed by atoms with Crippen molar-refractivity contribution in [2.24, 2.45) is 0 Å². The molecule has 0 radical (unpaired) electrons. The Hall–Kier alpha value is -1.51. The first kappa shape index (κ1) is 16.4. The van der Waals surface area contributed by atoms with Crippen LogP contribution in [0.5, 0.6) is 0 Å². The molecule has 1 fully saturated rings. The molecule has 0 unspecified atom stereocenters. The first-order valence-electron chi connectivity index (χ1n) is 7.41. The lowest BCUT2D eigenvalue weighted by Gasteiger charge is -2.33. The molecule has 1 aliphatic rings. The van der Waals surface area contributed by atoms with E-state index < -0.39 is 20.5 Å². The fraction of sp³-hybridized carbons (Fsp3) is 0.467. The number of carbonyl (C=O) groups is 1. The number of hydrogen-bond donors (Lipinski definition) is 2. The number of benzene rings is 1. The standard InChI is InChI=1S/C15H19N3O3S2/c1-10-4-3-5-11-12(10)17-14(22-11)18-13(19)15(23(2,20)21)6-8-16-9-7-15/h3-5,16H,6-9H2,1-2H3,(H,17,18,19). The van der Waals surface area contributed by atoms with Crippen LogP contribution in [-0.2, 0) is 14.6 Å². The third-order valence-electron chi connectivity index (χ3n) is 4.38. The lowest BCUT2D eigenvalue weighted by atomic mass is 9.96. The Morgan fingerprint density at radius 1 is 1.35 bits per heavy atom. The normalized spacial score (nSPS) is 18.0. The van der Waals surface area contributed by atoms with E-state index in [1.807, 2.05) is 25.1 Å². The van der Waals surface area contributed by atoms with Crippen molar-refractivity contribution in [3.8, 4) is 0 Å². The summed E-state index contributed by atoms with van der Waals surface area (Å²) in [7, 11) is -3.52. The Balaban J connectivity index is 1.93. The van der Waals surface area contributed by atoms with Crippen molar-refractivity contribution in [1.29, 1.82) is 0 Å². The van der Waals surface area contributed by atoms with E-state index in [-0.39, 0.29) is 12.8 Å². The number of fused-ring (bicyclic) bond motifs is 1. The fourth-order valence-corrected chi connectivity index (χ4v) is 5.22. The summed E-state index contributed by atoms with van der Waals surface area (Å²) in [6.07, 6.45) is 1.70. The van der Waals surface area contributed by atoms with Crippen molar-refractivity contribution in [2.45, 2.75) is 24.5 Å². The Kier molecular flexibility index (Phi) is 4.16. The van der Waals surface area contributed by atoms with Crippen LogP contribution in [-0.4, -0.2) is 43.4 Å². The van der Waals surface area contributed by atoms with Gasteiger partial charge in [-0.2, -0.15) is 0 Å². The van der Waals surface area contributed by atoms with E-state index in [1.165, 1.54) is 11.3 Å². The van der Waals surface area contributed by atoms with Gasteiger partial charge in [-0.15, -0.1) is 0 Å². The summed E-state index contributed by atoms with van der Waals surface area (Å²) >= 11 is 1.36. The van der Waals surface area contributed by atoms with Crippen molar-refractivity contribution >= 4 is 42.4 Å². The van der Waals surface area contributed by atoms with E-state index >= 15 is 0 Å². The summed E-state index contributed by atoms with van der Waals surface area (Å²) in [4.78, 5) is 17.2. The highest BCUT2D eigenvalue weighted by Gasteiger charge is 2.48. The number of nitrogens with zero attached hydrogens (tertiary/aromatic N) is 1. The molecule has 1 aliphatic heterocycles. The molecule has 1 aromatic heterocycles. The second kappa shape index (κ2) is 5.85. The van der Waals surface area contributed by atoms with E-state index in [4.69, 9.17) is 0 Å². The monoisotopic (exact) mass is 353 g/mol. The lowest BCUT2D eigenvalue weighted by molar-refractivity contribution is -0.119. The summed E-state index contributed by atoms with van der Waals surface area (Å²) in [6.45, 7) is 2.98. The highest BCUT2D eigenvalue weighted by molar-refractivity contribution is 7.92. The summed E-state index contributed by atoms with van der Waals surface area (Å²) in [6, 6.07) is 5.83. The molecular weight excluding hydrogens is 334 g/mol. The highest BCUT2D eigenvalue weighted by atomic mass is 32.2. The topological polar surface area (TPSA) is 88.2 Å². The summed E-state index contributed by atoms with van der Waals surface area (Å²) in [5.74, 6) is -0.474. The van der Waals surface area contributed by atoms with E-state index in [0.29, 0.717) is 18.2 Å². The smallest absolute Gasteiger partial charge is 0.247 e. The Labute approximate surface area is 139 Å². The first-order chi connectivity index (χ1) is 10.8. The van der Waals surface area contributed by atoms with Gasteiger partial charge in [0.2, 0.25) is 5.91 Å². The van der Waals surface area contributed by atoms with Gasteiger partial charge in [0.1, 0.15) is 0 Å². The van der Waals surface area contributed by atoms with Gasteiger partial charge in [-0.25, -0.2) is 13.4 Å². The molecule has 8 heteroatoms. The van der Waals surface area contributed by atoms with Crippen LogP contribution >= 0.6 is 11.3 Å². The molecule has 0 saturated carbocycles. The largest absolute Gasteiger partial charge is 0.317 e. The number of carbonyl (C=O) groups excluding carboxylic acids is 1. The molecule has 2 aromatic rings. The van der Waals surface area contributed by atoms with Crippen LogP contribution < -0.4 is 10.6 Å². The number of piperidine rings is 1. The summed E-state index contributed by atoms with van der Waals surface area (Å²) in [5.41, 5.74) is 1.87. The maximum atomic E-state index is 12.7. The van der Waals surface area contributed by atoms with Crippen LogP contribution in [0.4, 0.5) is 5.13 Å². The number of amides is 1. The van der Waals surface area contributed by atoms with Gasteiger partial charge in [0.15, 0.2) is 19.7 Å². The minimum atomic E-state index is -3.52. The predicted octanol–water partition coefficient (Wildman–Crippen LogP) is 1.71. The Bertz CT molecular complexity index is 852. The zero-order valence-electron chi connectivity index (χ0n) is 13.0. The third kappa shape index (κ3) is 2.86. The third-order valence-corrected chi connectivity index (χ3v) is 7.33. The number of aromatic nitrogens is 1. The second-order valence-corrected chi connectivity index (χ2v) is 9.27. The van der Waals surface area contributed by atoms with Crippen molar-refractivity contribution in [3.63, 3.8) is 0 Å². The maximum Gasteiger partial charge on any atom is 0.247 e.